The lowest BCUT2D eigenvalue weighted by Crippen LogP contribution is -2.29. The van der Waals surface area contributed by atoms with Crippen LogP contribution in [-0.4, -0.2) is 15.1 Å². The predicted molar refractivity (Wildman–Crippen MR) is 93.8 cm³/mol. The van der Waals surface area contributed by atoms with Crippen molar-refractivity contribution in [3.05, 3.63) is 88.2 Å². The highest BCUT2D eigenvalue weighted by Gasteiger charge is 2.26. The van der Waals surface area contributed by atoms with Crippen molar-refractivity contribution in [1.82, 2.24) is 4.72 Å². The van der Waals surface area contributed by atoms with E-state index in [2.05, 4.69) is 17.9 Å². The molecule has 0 aromatic heterocycles. The number of nitrogens with one attached hydrogen (secondary N) is 1. The first kappa shape index (κ1) is 17.0. The quantitative estimate of drug-likeness (QED) is 0.800. The number of benzene rings is 1. The van der Waals surface area contributed by atoms with Gasteiger partial charge in [0.2, 0.25) is 5.78 Å². The molecule has 1 aromatic carbocycles. The summed E-state index contributed by atoms with van der Waals surface area (Å²) in [6, 6.07) is 6.95. The lowest BCUT2D eigenvalue weighted by Gasteiger charge is -2.19. The molecule has 2 N–H and O–H groups in total. The molecular formula is C17H14ClNO3S. The number of aliphatic hydroxyl groups is 1. The van der Waals surface area contributed by atoms with Gasteiger partial charge >= 0.3 is 0 Å². The molecule has 0 aliphatic carbocycles. The summed E-state index contributed by atoms with van der Waals surface area (Å²) in [5, 5.41) is 10.7. The molecule has 6 heteroatoms. The van der Waals surface area contributed by atoms with Gasteiger partial charge < -0.3 is 5.11 Å². The second-order valence-corrected chi connectivity index (χ2v) is 6.15. The summed E-state index contributed by atoms with van der Waals surface area (Å²) in [5.41, 5.74) is 0.799. The molecule has 1 aliphatic rings. The van der Waals surface area contributed by atoms with E-state index in [1.807, 2.05) is 0 Å². The average Bonchev–Trinajstić information content (AvgIpc) is 2.54. The van der Waals surface area contributed by atoms with Crippen molar-refractivity contribution < 1.29 is 14.1 Å². The standard InChI is InChI=1S/C17H14ClNO3S/c1-3-13-15(4-2)23(22)19-16(17(13)21)14(20)9-8-11-6-5-7-12(18)10-11/h3-10,19,21H,1-2H2/b9-8+. The topological polar surface area (TPSA) is 66.4 Å². The molecule has 0 saturated heterocycles. The van der Waals surface area contributed by atoms with Crippen LogP contribution in [0.1, 0.15) is 5.56 Å². The van der Waals surface area contributed by atoms with Crippen LogP contribution in [0.5, 0.6) is 0 Å². The Hall–Kier alpha value is -2.37. The lowest BCUT2D eigenvalue weighted by molar-refractivity contribution is -0.111. The fourth-order valence-electron chi connectivity index (χ4n) is 1.96. The summed E-state index contributed by atoms with van der Waals surface area (Å²) in [4.78, 5) is 12.5. The van der Waals surface area contributed by atoms with E-state index >= 15 is 0 Å². The Balaban J connectivity index is 2.35. The third-order valence-corrected chi connectivity index (χ3v) is 4.47. The first-order chi connectivity index (χ1) is 11.0. The van der Waals surface area contributed by atoms with Crippen molar-refractivity contribution in [2.24, 2.45) is 0 Å². The SMILES string of the molecule is C=CC1=C(C=C)S(=O)NC(C(=O)/C=C/c2cccc(Cl)c2)=C1O. The predicted octanol–water partition coefficient (Wildman–Crippen LogP) is 3.58. The summed E-state index contributed by atoms with van der Waals surface area (Å²) >= 11 is 5.87. The monoisotopic (exact) mass is 347 g/mol. The summed E-state index contributed by atoms with van der Waals surface area (Å²) < 4.78 is 14.5. The van der Waals surface area contributed by atoms with Gasteiger partial charge in [-0.3, -0.25) is 9.52 Å². The molecule has 1 heterocycles. The van der Waals surface area contributed by atoms with E-state index in [4.69, 9.17) is 11.6 Å². The van der Waals surface area contributed by atoms with Gasteiger partial charge in [-0.05, 0) is 23.8 Å². The molecule has 0 amide bonds. The lowest BCUT2D eigenvalue weighted by atomic mass is 10.1. The molecule has 1 aliphatic heterocycles. The van der Waals surface area contributed by atoms with E-state index in [0.717, 1.165) is 5.56 Å². The van der Waals surface area contributed by atoms with Crippen LogP contribution in [0.15, 0.2) is 77.6 Å². The number of hydrogen-bond acceptors (Lipinski definition) is 3. The van der Waals surface area contributed by atoms with E-state index in [0.29, 0.717) is 5.02 Å². The number of carbonyl (C=O) groups is 1. The fourth-order valence-corrected chi connectivity index (χ4v) is 3.19. The summed E-state index contributed by atoms with van der Waals surface area (Å²) in [6.45, 7) is 7.10. The second kappa shape index (κ2) is 7.26. The van der Waals surface area contributed by atoms with Crippen LogP contribution in [-0.2, 0) is 15.8 Å². The Morgan fingerprint density at radius 2 is 2.04 bits per heavy atom. The molecule has 1 aromatic rings. The number of allylic oxidation sites excluding steroid dienone is 3. The Labute approximate surface area is 141 Å². The maximum absolute atomic E-state index is 12.3. The minimum Gasteiger partial charge on any atom is -0.505 e. The molecule has 1 unspecified atom stereocenters. The molecule has 4 nitrogen and oxygen atoms in total. The van der Waals surface area contributed by atoms with Gasteiger partial charge in [-0.1, -0.05) is 55.1 Å². The zero-order chi connectivity index (χ0) is 17.0. The highest BCUT2D eigenvalue weighted by Crippen LogP contribution is 2.25. The van der Waals surface area contributed by atoms with E-state index in [1.165, 1.54) is 18.2 Å². The van der Waals surface area contributed by atoms with Crippen molar-refractivity contribution in [2.45, 2.75) is 0 Å². The number of halogens is 1. The zero-order valence-electron chi connectivity index (χ0n) is 12.1. The van der Waals surface area contributed by atoms with Crippen LogP contribution in [0.25, 0.3) is 6.08 Å². The van der Waals surface area contributed by atoms with Crippen molar-refractivity contribution in [1.29, 1.82) is 0 Å². The van der Waals surface area contributed by atoms with Crippen molar-refractivity contribution in [3.8, 4) is 0 Å². The first-order valence-corrected chi connectivity index (χ1v) is 8.10. The van der Waals surface area contributed by atoms with Crippen LogP contribution >= 0.6 is 11.6 Å². The van der Waals surface area contributed by atoms with Crippen LogP contribution < -0.4 is 4.72 Å². The van der Waals surface area contributed by atoms with Gasteiger partial charge in [0, 0.05) is 10.6 Å². The maximum atomic E-state index is 12.3. The third-order valence-electron chi connectivity index (χ3n) is 3.06. The normalized spacial score (nSPS) is 18.0. The Morgan fingerprint density at radius 3 is 2.65 bits per heavy atom. The molecule has 0 bridgehead atoms. The molecule has 23 heavy (non-hydrogen) atoms. The summed E-state index contributed by atoms with van der Waals surface area (Å²) in [7, 11) is -1.68. The molecule has 0 spiro atoms. The minimum absolute atomic E-state index is 0.151. The number of ketones is 1. The summed E-state index contributed by atoms with van der Waals surface area (Å²) in [5.74, 6) is -0.825. The Morgan fingerprint density at radius 1 is 1.30 bits per heavy atom. The number of carbonyl (C=O) groups excluding carboxylic acids is 1. The van der Waals surface area contributed by atoms with E-state index in [1.54, 1.807) is 30.3 Å². The smallest absolute Gasteiger partial charge is 0.206 e. The van der Waals surface area contributed by atoms with Crippen molar-refractivity contribution in [2.75, 3.05) is 0 Å². The second-order valence-electron chi connectivity index (χ2n) is 4.53. The maximum Gasteiger partial charge on any atom is 0.206 e. The van der Waals surface area contributed by atoms with Crippen LogP contribution in [0.3, 0.4) is 0 Å². The van der Waals surface area contributed by atoms with Gasteiger partial charge in [0.25, 0.3) is 0 Å². The van der Waals surface area contributed by atoms with Gasteiger partial charge in [-0.25, -0.2) is 4.21 Å². The average molecular weight is 348 g/mol. The summed E-state index contributed by atoms with van der Waals surface area (Å²) in [6.07, 6.45) is 5.50. The van der Waals surface area contributed by atoms with Crippen molar-refractivity contribution in [3.63, 3.8) is 0 Å². The molecular weight excluding hydrogens is 334 g/mol. The fraction of sp³-hybridized carbons (Fsp3) is 0. The molecule has 2 rings (SSSR count). The van der Waals surface area contributed by atoms with Gasteiger partial charge in [-0.15, -0.1) is 0 Å². The zero-order valence-corrected chi connectivity index (χ0v) is 13.7. The number of aliphatic hydroxyl groups excluding tert-OH is 1. The highest BCUT2D eigenvalue weighted by atomic mass is 35.5. The molecule has 0 radical (unpaired) electrons. The van der Waals surface area contributed by atoms with E-state index in [-0.39, 0.29) is 21.9 Å². The number of rotatable bonds is 5. The molecule has 0 fully saturated rings. The van der Waals surface area contributed by atoms with Crippen LogP contribution in [0.4, 0.5) is 0 Å². The van der Waals surface area contributed by atoms with Gasteiger partial charge in [-0.2, -0.15) is 0 Å². The van der Waals surface area contributed by atoms with E-state index in [9.17, 15) is 14.1 Å². The highest BCUT2D eigenvalue weighted by molar-refractivity contribution is 7.87. The van der Waals surface area contributed by atoms with Gasteiger partial charge in [0.15, 0.2) is 16.7 Å². The van der Waals surface area contributed by atoms with Gasteiger partial charge in [0.1, 0.15) is 5.70 Å². The van der Waals surface area contributed by atoms with Gasteiger partial charge in [0.05, 0.1) is 4.91 Å². The first-order valence-electron chi connectivity index (χ1n) is 6.57. The third kappa shape index (κ3) is 3.70. The molecule has 0 saturated carbocycles. The van der Waals surface area contributed by atoms with Crippen molar-refractivity contribution >= 4 is 34.4 Å². The molecule has 118 valence electrons. The number of hydrogen-bond donors (Lipinski definition) is 2. The Kier molecular flexibility index (Phi) is 5.36. The van der Waals surface area contributed by atoms with Crippen LogP contribution in [0.2, 0.25) is 5.02 Å². The van der Waals surface area contributed by atoms with E-state index < -0.39 is 16.8 Å². The Bertz CT molecular complexity index is 806. The molecule has 1 atom stereocenters. The minimum atomic E-state index is -1.68. The largest absolute Gasteiger partial charge is 0.505 e. The van der Waals surface area contributed by atoms with Crippen LogP contribution in [0, 0.1) is 0 Å².